The van der Waals surface area contributed by atoms with Crippen LogP contribution in [0.15, 0.2) is 24.5 Å². The maximum atomic E-state index is 6.10. The van der Waals surface area contributed by atoms with E-state index in [9.17, 15) is 0 Å². The average molecular weight is 252 g/mol. The highest BCUT2D eigenvalue weighted by Crippen LogP contribution is 2.20. The molecule has 4 heteroatoms. The molecule has 0 bridgehead atoms. The summed E-state index contributed by atoms with van der Waals surface area (Å²) >= 11 is 0. The van der Waals surface area contributed by atoms with Crippen LogP contribution in [0.1, 0.15) is 38.9 Å². The van der Waals surface area contributed by atoms with E-state index < -0.39 is 0 Å². The Bertz CT molecular complexity index is 317. The molecule has 2 N–H and O–H groups in total. The van der Waals surface area contributed by atoms with Gasteiger partial charge in [0.1, 0.15) is 0 Å². The normalized spacial score (nSPS) is 14.7. The fourth-order valence-electron chi connectivity index (χ4n) is 1.68. The number of aromatic nitrogens is 1. The summed E-state index contributed by atoms with van der Waals surface area (Å²) in [5.41, 5.74) is 7.12. The van der Waals surface area contributed by atoms with Crippen LogP contribution in [0.25, 0.3) is 0 Å². The highest BCUT2D eigenvalue weighted by atomic mass is 16.5. The van der Waals surface area contributed by atoms with E-state index in [1.165, 1.54) is 0 Å². The van der Waals surface area contributed by atoms with Crippen LogP contribution in [-0.4, -0.2) is 30.3 Å². The van der Waals surface area contributed by atoms with Gasteiger partial charge in [-0.15, -0.1) is 0 Å². The Kier molecular flexibility index (Phi) is 6.86. The fourth-order valence-corrected chi connectivity index (χ4v) is 1.68. The number of ether oxygens (including phenoxy) is 2. The second kappa shape index (κ2) is 8.19. The highest BCUT2D eigenvalue weighted by Gasteiger charge is 2.19. The van der Waals surface area contributed by atoms with E-state index in [4.69, 9.17) is 15.2 Å². The summed E-state index contributed by atoms with van der Waals surface area (Å²) in [5.74, 6) is 0. The second-order valence-corrected chi connectivity index (χ2v) is 4.57. The molecule has 0 aromatic carbocycles. The van der Waals surface area contributed by atoms with Crippen LogP contribution < -0.4 is 5.73 Å². The minimum atomic E-state index is -0.112. The number of hydrogen-bond acceptors (Lipinski definition) is 4. The summed E-state index contributed by atoms with van der Waals surface area (Å²) < 4.78 is 11.3. The predicted molar refractivity (Wildman–Crippen MR) is 72.3 cm³/mol. The average Bonchev–Trinajstić information content (AvgIpc) is 2.38. The number of rotatable bonds is 8. The van der Waals surface area contributed by atoms with E-state index in [2.05, 4.69) is 11.9 Å². The first kappa shape index (κ1) is 15.1. The lowest BCUT2D eigenvalue weighted by molar-refractivity contribution is -0.0225. The van der Waals surface area contributed by atoms with Crippen LogP contribution in [-0.2, 0) is 9.47 Å². The monoisotopic (exact) mass is 252 g/mol. The lowest BCUT2D eigenvalue weighted by atomic mass is 10.0. The molecule has 18 heavy (non-hydrogen) atoms. The summed E-state index contributed by atoms with van der Waals surface area (Å²) in [7, 11) is 0. The zero-order valence-corrected chi connectivity index (χ0v) is 11.5. The molecule has 0 aliphatic rings. The van der Waals surface area contributed by atoms with Crippen LogP contribution in [0, 0.1) is 0 Å². The first-order valence-electron chi connectivity index (χ1n) is 6.53. The number of pyridine rings is 1. The van der Waals surface area contributed by atoms with E-state index in [0.717, 1.165) is 12.0 Å². The minimum absolute atomic E-state index is 0.0201. The molecule has 0 spiro atoms. The predicted octanol–water partition coefficient (Wildman–Crippen LogP) is 2.30. The molecule has 1 aromatic heterocycles. The third kappa shape index (κ3) is 5.12. The van der Waals surface area contributed by atoms with Gasteiger partial charge >= 0.3 is 0 Å². The zero-order chi connectivity index (χ0) is 13.4. The van der Waals surface area contributed by atoms with Crippen LogP contribution in [0.5, 0.6) is 0 Å². The molecule has 0 aliphatic carbocycles. The van der Waals surface area contributed by atoms with Crippen molar-refractivity contribution < 1.29 is 9.47 Å². The molecule has 0 saturated carbocycles. The van der Waals surface area contributed by atoms with Crippen molar-refractivity contribution in [2.24, 2.45) is 5.73 Å². The number of nitrogens with zero attached hydrogens (tertiary/aromatic N) is 1. The van der Waals surface area contributed by atoms with Gasteiger partial charge in [-0.05, 0) is 26.3 Å². The molecule has 0 aliphatic heterocycles. The zero-order valence-electron chi connectivity index (χ0n) is 11.5. The van der Waals surface area contributed by atoms with Crippen LogP contribution in [0.3, 0.4) is 0 Å². The van der Waals surface area contributed by atoms with Gasteiger partial charge in [-0.2, -0.15) is 0 Å². The lowest BCUT2D eigenvalue weighted by Crippen LogP contribution is -2.30. The highest BCUT2D eigenvalue weighted by molar-refractivity contribution is 5.14. The largest absolute Gasteiger partial charge is 0.376 e. The van der Waals surface area contributed by atoms with E-state index in [0.29, 0.717) is 13.2 Å². The van der Waals surface area contributed by atoms with Crippen molar-refractivity contribution in [1.82, 2.24) is 4.98 Å². The Labute approximate surface area is 110 Å². The van der Waals surface area contributed by atoms with Crippen molar-refractivity contribution in [2.75, 3.05) is 13.2 Å². The van der Waals surface area contributed by atoms with Crippen molar-refractivity contribution in [3.05, 3.63) is 30.1 Å². The number of hydrogen-bond donors (Lipinski definition) is 1. The van der Waals surface area contributed by atoms with Crippen LogP contribution in [0.2, 0.25) is 0 Å². The van der Waals surface area contributed by atoms with Gasteiger partial charge in [0.25, 0.3) is 0 Å². The van der Waals surface area contributed by atoms with E-state index >= 15 is 0 Å². The molecule has 1 aromatic rings. The van der Waals surface area contributed by atoms with E-state index in [1.54, 1.807) is 6.20 Å². The second-order valence-electron chi connectivity index (χ2n) is 4.57. The number of nitrogens with two attached hydrogens (primary N) is 1. The summed E-state index contributed by atoms with van der Waals surface area (Å²) in [6, 6.07) is 3.88. The molecule has 0 radical (unpaired) electrons. The van der Waals surface area contributed by atoms with Crippen molar-refractivity contribution in [2.45, 2.75) is 45.4 Å². The van der Waals surface area contributed by atoms with Crippen molar-refractivity contribution in [3.8, 4) is 0 Å². The van der Waals surface area contributed by atoms with Crippen LogP contribution in [0.4, 0.5) is 0 Å². The fraction of sp³-hybridized carbons (Fsp3) is 0.643. The molecule has 1 rings (SSSR count). The van der Waals surface area contributed by atoms with Gasteiger partial charge in [0.15, 0.2) is 0 Å². The minimum Gasteiger partial charge on any atom is -0.376 e. The Hall–Kier alpha value is -0.970. The SMILES string of the molecule is CCC(N)C(OCCOC(C)C)c1cccnc1. The molecule has 0 fully saturated rings. The Morgan fingerprint density at radius 2 is 2.00 bits per heavy atom. The quantitative estimate of drug-likeness (QED) is 0.721. The molecule has 2 atom stereocenters. The Morgan fingerprint density at radius 1 is 1.28 bits per heavy atom. The summed E-state index contributed by atoms with van der Waals surface area (Å²) in [6.07, 6.45) is 4.54. The maximum absolute atomic E-state index is 6.10. The van der Waals surface area contributed by atoms with Crippen molar-refractivity contribution >= 4 is 0 Å². The van der Waals surface area contributed by atoms with Gasteiger partial charge in [0, 0.05) is 24.0 Å². The van der Waals surface area contributed by atoms with Crippen LogP contribution >= 0.6 is 0 Å². The molecular weight excluding hydrogens is 228 g/mol. The van der Waals surface area contributed by atoms with Gasteiger partial charge in [-0.3, -0.25) is 4.98 Å². The molecule has 4 nitrogen and oxygen atoms in total. The molecule has 102 valence electrons. The first-order chi connectivity index (χ1) is 8.65. The standard InChI is InChI=1S/C14H24N2O2/c1-4-13(15)14(12-6-5-7-16-10-12)18-9-8-17-11(2)3/h5-7,10-11,13-14H,4,8-9,15H2,1-3H3. The smallest absolute Gasteiger partial charge is 0.0991 e. The topological polar surface area (TPSA) is 57.4 Å². The summed E-state index contributed by atoms with van der Waals surface area (Å²) in [6.45, 7) is 7.21. The molecular formula is C14H24N2O2. The van der Waals surface area contributed by atoms with Gasteiger partial charge in [0.2, 0.25) is 0 Å². The summed E-state index contributed by atoms with van der Waals surface area (Å²) in [5, 5.41) is 0. The van der Waals surface area contributed by atoms with Gasteiger partial charge < -0.3 is 15.2 Å². The third-order valence-corrected chi connectivity index (χ3v) is 2.71. The lowest BCUT2D eigenvalue weighted by Gasteiger charge is -2.23. The maximum Gasteiger partial charge on any atom is 0.0991 e. The van der Waals surface area contributed by atoms with Gasteiger partial charge in [-0.1, -0.05) is 13.0 Å². The van der Waals surface area contributed by atoms with Gasteiger partial charge in [-0.25, -0.2) is 0 Å². The van der Waals surface area contributed by atoms with Crippen molar-refractivity contribution in [3.63, 3.8) is 0 Å². The molecule has 2 unspecified atom stereocenters. The van der Waals surface area contributed by atoms with E-state index in [1.807, 2.05) is 32.2 Å². The van der Waals surface area contributed by atoms with E-state index in [-0.39, 0.29) is 18.2 Å². The molecule has 0 saturated heterocycles. The molecule has 0 amide bonds. The first-order valence-corrected chi connectivity index (χ1v) is 6.53. The summed E-state index contributed by atoms with van der Waals surface area (Å²) in [4.78, 5) is 4.11. The molecule has 1 heterocycles. The van der Waals surface area contributed by atoms with Crippen molar-refractivity contribution in [1.29, 1.82) is 0 Å². The Morgan fingerprint density at radius 3 is 2.56 bits per heavy atom. The third-order valence-electron chi connectivity index (χ3n) is 2.71. The Balaban J connectivity index is 2.52. The van der Waals surface area contributed by atoms with Gasteiger partial charge in [0.05, 0.1) is 25.4 Å².